The maximum Gasteiger partial charge on any atom is 0.279 e. The molecule has 0 radical (unpaired) electrons. The van der Waals surface area contributed by atoms with E-state index in [1.54, 1.807) is 4.90 Å². The quantitative estimate of drug-likeness (QED) is 0.530. The van der Waals surface area contributed by atoms with Crippen LogP contribution in [-0.4, -0.2) is 58.4 Å². The van der Waals surface area contributed by atoms with Crippen LogP contribution in [0.2, 0.25) is 0 Å². The van der Waals surface area contributed by atoms with Gasteiger partial charge in [-0.3, -0.25) is 4.79 Å². The number of anilines is 1. The maximum atomic E-state index is 12.5. The SMILES string of the molecule is CCOc1ccc(OCC[NH+]2CC[NH+](CC(=O)Nc3ccccc3CC)CC2)cc1. The molecule has 1 fully saturated rings. The fourth-order valence-electron chi connectivity index (χ4n) is 3.87. The van der Waals surface area contributed by atoms with E-state index in [1.165, 1.54) is 10.5 Å². The molecule has 0 unspecified atom stereocenters. The molecule has 1 aliphatic heterocycles. The first-order valence-electron chi connectivity index (χ1n) is 11.1. The Morgan fingerprint density at radius 1 is 0.900 bits per heavy atom. The molecule has 3 N–H and O–H groups in total. The van der Waals surface area contributed by atoms with E-state index in [-0.39, 0.29) is 5.91 Å². The van der Waals surface area contributed by atoms with Crippen LogP contribution in [0.15, 0.2) is 48.5 Å². The van der Waals surface area contributed by atoms with Crippen molar-refractivity contribution in [3.63, 3.8) is 0 Å². The van der Waals surface area contributed by atoms with E-state index in [9.17, 15) is 4.79 Å². The Hall–Kier alpha value is -2.57. The van der Waals surface area contributed by atoms with Gasteiger partial charge >= 0.3 is 0 Å². The Morgan fingerprint density at radius 3 is 2.20 bits per heavy atom. The molecule has 0 spiro atoms. The number of hydrogen-bond donors (Lipinski definition) is 3. The van der Waals surface area contributed by atoms with E-state index in [2.05, 4.69) is 18.3 Å². The van der Waals surface area contributed by atoms with Gasteiger partial charge in [-0.25, -0.2) is 0 Å². The number of piperazine rings is 1. The van der Waals surface area contributed by atoms with Crippen molar-refractivity contribution in [2.75, 3.05) is 57.8 Å². The van der Waals surface area contributed by atoms with Gasteiger partial charge in [-0.1, -0.05) is 25.1 Å². The molecule has 162 valence electrons. The fraction of sp³-hybridized carbons (Fsp3) is 0.458. The highest BCUT2D eigenvalue weighted by Crippen LogP contribution is 2.17. The summed E-state index contributed by atoms with van der Waals surface area (Å²) in [5, 5.41) is 3.09. The van der Waals surface area contributed by atoms with Crippen molar-refractivity contribution in [1.82, 2.24) is 0 Å². The first-order chi connectivity index (χ1) is 14.7. The molecule has 0 aromatic heterocycles. The lowest BCUT2D eigenvalue weighted by Gasteiger charge is -2.29. The predicted octanol–water partition coefficient (Wildman–Crippen LogP) is 0.449. The summed E-state index contributed by atoms with van der Waals surface area (Å²) in [5.74, 6) is 1.86. The van der Waals surface area contributed by atoms with Crippen LogP contribution < -0.4 is 24.6 Å². The van der Waals surface area contributed by atoms with Crippen LogP contribution in [-0.2, 0) is 11.2 Å². The number of quaternary nitrogens is 2. The maximum absolute atomic E-state index is 12.5. The van der Waals surface area contributed by atoms with Crippen molar-refractivity contribution >= 4 is 11.6 Å². The van der Waals surface area contributed by atoms with Crippen LogP contribution in [0.25, 0.3) is 0 Å². The lowest BCUT2D eigenvalue weighted by atomic mass is 10.1. The Labute approximate surface area is 179 Å². The summed E-state index contributed by atoms with van der Waals surface area (Å²) in [6.07, 6.45) is 0.921. The summed E-state index contributed by atoms with van der Waals surface area (Å²) in [5.41, 5.74) is 2.13. The first kappa shape index (κ1) is 22.1. The average molecular weight is 414 g/mol. The van der Waals surface area contributed by atoms with Crippen molar-refractivity contribution < 1.29 is 24.1 Å². The highest BCUT2D eigenvalue weighted by Gasteiger charge is 2.24. The molecule has 6 heteroatoms. The molecule has 0 bridgehead atoms. The number of ether oxygens (including phenoxy) is 2. The number of carbonyl (C=O) groups excluding carboxylic acids is 1. The topological polar surface area (TPSA) is 56.4 Å². The predicted molar refractivity (Wildman–Crippen MR) is 119 cm³/mol. The third-order valence-corrected chi connectivity index (χ3v) is 5.61. The Morgan fingerprint density at radius 2 is 1.53 bits per heavy atom. The number of hydrogen-bond acceptors (Lipinski definition) is 3. The van der Waals surface area contributed by atoms with Crippen LogP contribution >= 0.6 is 0 Å². The molecule has 1 saturated heterocycles. The van der Waals surface area contributed by atoms with E-state index < -0.39 is 0 Å². The van der Waals surface area contributed by atoms with E-state index >= 15 is 0 Å². The molecule has 0 aliphatic carbocycles. The number of aryl methyl sites for hydroxylation is 1. The minimum atomic E-state index is 0.105. The van der Waals surface area contributed by atoms with Crippen LogP contribution in [0.3, 0.4) is 0 Å². The molecule has 2 aromatic carbocycles. The number of carbonyl (C=O) groups is 1. The zero-order valence-corrected chi connectivity index (χ0v) is 18.2. The van der Waals surface area contributed by atoms with Gasteiger partial charge < -0.3 is 24.6 Å². The number of para-hydroxylation sites is 1. The summed E-state index contributed by atoms with van der Waals surface area (Å²) in [4.78, 5) is 15.4. The highest BCUT2D eigenvalue weighted by atomic mass is 16.5. The largest absolute Gasteiger partial charge is 0.494 e. The third-order valence-electron chi connectivity index (χ3n) is 5.61. The molecule has 0 saturated carbocycles. The zero-order valence-electron chi connectivity index (χ0n) is 18.2. The van der Waals surface area contributed by atoms with Gasteiger partial charge in [0, 0.05) is 5.69 Å². The second-order valence-electron chi connectivity index (χ2n) is 7.74. The van der Waals surface area contributed by atoms with Gasteiger partial charge in [0.25, 0.3) is 5.91 Å². The number of amides is 1. The molecular weight excluding hydrogens is 378 g/mol. The highest BCUT2D eigenvalue weighted by molar-refractivity contribution is 5.92. The molecule has 2 aromatic rings. The monoisotopic (exact) mass is 413 g/mol. The van der Waals surface area contributed by atoms with Gasteiger partial charge in [-0.2, -0.15) is 0 Å². The molecule has 1 heterocycles. The van der Waals surface area contributed by atoms with E-state index in [1.807, 2.05) is 49.4 Å². The summed E-state index contributed by atoms with van der Waals surface area (Å²) < 4.78 is 11.3. The minimum absolute atomic E-state index is 0.105. The van der Waals surface area contributed by atoms with Gasteiger partial charge in [0.05, 0.1) is 6.61 Å². The van der Waals surface area contributed by atoms with E-state index in [4.69, 9.17) is 9.47 Å². The number of nitrogens with one attached hydrogen (secondary N) is 3. The zero-order chi connectivity index (χ0) is 21.2. The average Bonchev–Trinajstić information content (AvgIpc) is 2.77. The van der Waals surface area contributed by atoms with Crippen LogP contribution in [0.5, 0.6) is 11.5 Å². The number of rotatable bonds is 10. The van der Waals surface area contributed by atoms with E-state index in [0.29, 0.717) is 19.8 Å². The van der Waals surface area contributed by atoms with Crippen molar-refractivity contribution in [3.05, 3.63) is 54.1 Å². The van der Waals surface area contributed by atoms with Gasteiger partial charge in [-0.05, 0) is 49.2 Å². The molecule has 30 heavy (non-hydrogen) atoms. The fourth-order valence-corrected chi connectivity index (χ4v) is 3.87. The van der Waals surface area contributed by atoms with Crippen molar-refractivity contribution in [3.8, 4) is 11.5 Å². The Balaban J connectivity index is 1.34. The Kier molecular flexibility index (Phi) is 8.53. The minimum Gasteiger partial charge on any atom is -0.494 e. The van der Waals surface area contributed by atoms with Crippen molar-refractivity contribution in [2.24, 2.45) is 0 Å². The normalized spacial score (nSPS) is 18.6. The second-order valence-corrected chi connectivity index (χ2v) is 7.74. The standard InChI is InChI=1S/C24H33N3O3/c1-3-20-7-5-6-8-23(20)25-24(28)19-27-15-13-26(14-16-27)17-18-30-22-11-9-21(10-12-22)29-4-2/h5-12H,3-4,13-19H2,1-2H3,(H,25,28)/p+2. The van der Waals surface area contributed by atoms with Gasteiger partial charge in [0.2, 0.25) is 0 Å². The molecule has 0 atom stereocenters. The van der Waals surface area contributed by atoms with Crippen LogP contribution in [0.4, 0.5) is 5.69 Å². The molecule has 1 amide bonds. The van der Waals surface area contributed by atoms with Gasteiger partial charge in [0.15, 0.2) is 6.54 Å². The van der Waals surface area contributed by atoms with E-state index in [0.717, 1.165) is 56.3 Å². The lowest BCUT2D eigenvalue weighted by molar-refractivity contribution is -1.01. The van der Waals surface area contributed by atoms with Crippen molar-refractivity contribution in [2.45, 2.75) is 20.3 Å². The summed E-state index contributed by atoms with van der Waals surface area (Å²) in [7, 11) is 0. The summed E-state index contributed by atoms with van der Waals surface area (Å²) in [6, 6.07) is 15.8. The van der Waals surface area contributed by atoms with Crippen LogP contribution in [0, 0.1) is 0 Å². The van der Waals surface area contributed by atoms with Crippen molar-refractivity contribution in [1.29, 1.82) is 0 Å². The van der Waals surface area contributed by atoms with Crippen LogP contribution in [0.1, 0.15) is 19.4 Å². The molecule has 3 rings (SSSR count). The third kappa shape index (κ3) is 6.75. The smallest absolute Gasteiger partial charge is 0.279 e. The lowest BCUT2D eigenvalue weighted by Crippen LogP contribution is -3.28. The molecular formula is C24H35N3O3+2. The van der Waals surface area contributed by atoms with Gasteiger partial charge in [0.1, 0.15) is 50.8 Å². The molecule has 6 nitrogen and oxygen atoms in total. The summed E-state index contributed by atoms with van der Waals surface area (Å²) >= 11 is 0. The summed E-state index contributed by atoms with van der Waals surface area (Å²) in [6.45, 7) is 11.1. The van der Waals surface area contributed by atoms with Gasteiger partial charge in [-0.15, -0.1) is 0 Å². The first-order valence-corrected chi connectivity index (χ1v) is 11.1. The molecule has 1 aliphatic rings. The Bertz CT molecular complexity index is 787. The second kappa shape index (κ2) is 11.6. The number of benzene rings is 2.